The third kappa shape index (κ3) is 24.9. The monoisotopic (exact) mass is 1010 g/mol. The third-order valence-corrected chi connectivity index (χ3v) is 10.9. The summed E-state index contributed by atoms with van der Waals surface area (Å²) in [4.78, 5) is 18.4. The summed E-state index contributed by atoms with van der Waals surface area (Å²) in [5.74, 6) is 1.30. The Morgan fingerprint density at radius 1 is 0.587 bits per heavy atom. The summed E-state index contributed by atoms with van der Waals surface area (Å²) in [6.07, 6.45) is 21.6. The van der Waals surface area contributed by atoms with Gasteiger partial charge in [0.1, 0.15) is 0 Å². The lowest BCUT2D eigenvalue weighted by molar-refractivity contribution is -0.0000171. The maximum Gasteiger partial charge on any atom is 0.0634 e. The van der Waals surface area contributed by atoms with Gasteiger partial charge in [0.2, 0.25) is 0 Å². The molecular formula is C50H80Br2ClN10-. The molecule has 1 saturated heterocycles. The maximum atomic E-state index is 6.57. The molecule has 0 radical (unpaired) electrons. The van der Waals surface area contributed by atoms with Crippen LogP contribution in [0.3, 0.4) is 0 Å². The van der Waals surface area contributed by atoms with Crippen LogP contribution in [0.25, 0.3) is 12.2 Å². The molecule has 0 bridgehead atoms. The predicted molar refractivity (Wildman–Crippen MR) is 277 cm³/mol. The summed E-state index contributed by atoms with van der Waals surface area (Å²) in [6.45, 7) is 36.9. The third-order valence-electron chi connectivity index (χ3n) is 9.61. The van der Waals surface area contributed by atoms with Crippen molar-refractivity contribution in [3.8, 4) is 0 Å². The van der Waals surface area contributed by atoms with Gasteiger partial charge in [-0.1, -0.05) is 108 Å². The molecule has 63 heavy (non-hydrogen) atoms. The van der Waals surface area contributed by atoms with E-state index in [1.165, 1.54) is 37.1 Å². The minimum Gasteiger partial charge on any atom is -1.00 e. The number of nitrogens with zero attached hydrogens (tertiary/aromatic N) is 5. The normalized spacial score (nSPS) is 16.4. The molecule has 0 spiro atoms. The summed E-state index contributed by atoms with van der Waals surface area (Å²) in [5, 5.41) is 0. The van der Waals surface area contributed by atoms with Crippen LogP contribution in [-0.2, 0) is 12.8 Å². The van der Waals surface area contributed by atoms with Crippen molar-refractivity contribution in [3.05, 3.63) is 106 Å². The lowest BCUT2D eigenvalue weighted by atomic mass is 9.71. The van der Waals surface area contributed by atoms with Gasteiger partial charge >= 0.3 is 0 Å². The summed E-state index contributed by atoms with van der Waals surface area (Å²) < 4.78 is 1.63. The molecule has 2 unspecified atom stereocenters. The summed E-state index contributed by atoms with van der Waals surface area (Å²) in [5.41, 5.74) is 37.8. The number of nitrogen functional groups attached to an aromatic ring is 4. The minimum atomic E-state index is 0. The van der Waals surface area contributed by atoms with Gasteiger partial charge in [-0.05, 0) is 121 Å². The summed E-state index contributed by atoms with van der Waals surface area (Å²) in [7, 11) is 2.25. The van der Waals surface area contributed by atoms with Gasteiger partial charge in [0.05, 0.1) is 14.6 Å². The van der Waals surface area contributed by atoms with E-state index in [0.29, 0.717) is 40.1 Å². The molecule has 1 fully saturated rings. The van der Waals surface area contributed by atoms with Crippen LogP contribution >= 0.6 is 31.9 Å². The van der Waals surface area contributed by atoms with Gasteiger partial charge in [0.15, 0.2) is 0 Å². The van der Waals surface area contributed by atoms with Crippen LogP contribution < -0.4 is 41.1 Å². The number of pyridine rings is 4. The molecule has 4 aromatic rings. The highest BCUT2D eigenvalue weighted by atomic mass is 79.9. The Kier molecular flexibility index (Phi) is 25.5. The first-order chi connectivity index (χ1) is 28.5. The van der Waals surface area contributed by atoms with Crippen LogP contribution in [0.4, 0.5) is 22.7 Å². The predicted octanol–water partition coefficient (Wildman–Crippen LogP) is 9.01. The summed E-state index contributed by atoms with van der Waals surface area (Å²) in [6, 6.07) is 3.87. The highest BCUT2D eigenvalue weighted by Gasteiger charge is 2.36. The first kappa shape index (κ1) is 59.5. The smallest absolute Gasteiger partial charge is 0.0634 e. The standard InChI is InChI=1S/C16H34N2.C15H26N2.C9H10N2.C5H4Br2N2.C5H6N2.ClH/c1-15(2,3)8-12-10-18(7)11-13(14(12)17)9-16(4,5)6;1-14(2,3)7-11-9-17-10-12(13(11)16)8-15(4,5)6;1-3-7-5-11-6-8(4-2)9(7)10;6-3-1-9-2-4(7)5(3)8;6-5-1-3-7-4-2-5;/h12-14H,8-11,17H2,1-7H3;9-10H,7-8H2,1-6H3,(H2,16,17);3-6H,1-2H2,(H2,10,11);1-2H,(H2,8,9);1-4H,(H2,6,7);1H/p-1. The molecule has 1 aliphatic rings. The van der Waals surface area contributed by atoms with E-state index in [1.807, 2.05) is 12.4 Å². The van der Waals surface area contributed by atoms with Gasteiger partial charge in [0.25, 0.3) is 0 Å². The zero-order valence-corrected chi connectivity index (χ0v) is 44.5. The molecule has 5 heterocycles. The van der Waals surface area contributed by atoms with Crippen molar-refractivity contribution >= 4 is 66.8 Å². The molecular weight excluding hydrogens is 936 g/mol. The average molecular weight is 1020 g/mol. The zero-order valence-electron chi connectivity index (χ0n) is 40.6. The van der Waals surface area contributed by atoms with E-state index < -0.39 is 0 Å². The Morgan fingerprint density at radius 3 is 1.25 bits per heavy atom. The maximum absolute atomic E-state index is 6.57. The fourth-order valence-corrected chi connectivity index (χ4v) is 8.01. The Morgan fingerprint density at radius 2 is 0.952 bits per heavy atom. The van der Waals surface area contributed by atoms with Crippen LogP contribution in [0.1, 0.15) is 118 Å². The van der Waals surface area contributed by atoms with Gasteiger partial charge in [-0.25, -0.2) is 0 Å². The molecule has 4 aromatic heterocycles. The van der Waals surface area contributed by atoms with Crippen molar-refractivity contribution in [1.29, 1.82) is 0 Å². The second-order valence-electron chi connectivity index (χ2n) is 21.1. The van der Waals surface area contributed by atoms with Crippen molar-refractivity contribution in [1.82, 2.24) is 24.8 Å². The van der Waals surface area contributed by atoms with Crippen molar-refractivity contribution in [2.75, 3.05) is 43.1 Å². The van der Waals surface area contributed by atoms with Gasteiger partial charge in [0, 0.05) is 96.9 Å². The fraction of sp³-hybridized carbons (Fsp3) is 0.520. The average Bonchev–Trinajstić information content (AvgIpc) is 3.13. The van der Waals surface area contributed by atoms with E-state index in [9.17, 15) is 0 Å². The SMILES string of the molecule is C=Cc1cncc(C=C)c1N.CC(C)(C)Cc1cncc(CC(C)(C)C)c1N.CN1CC(CC(C)(C)C)C(N)C(CC(C)(C)C)C1.Nc1c(Br)cncc1Br.Nc1ccncc1.[Cl-]. The lowest BCUT2D eigenvalue weighted by Gasteiger charge is -2.44. The second-order valence-corrected chi connectivity index (χ2v) is 22.8. The van der Waals surface area contributed by atoms with Gasteiger partial charge < -0.3 is 46.0 Å². The lowest BCUT2D eigenvalue weighted by Crippen LogP contribution is -3.00. The van der Waals surface area contributed by atoms with E-state index in [1.54, 1.807) is 61.5 Å². The van der Waals surface area contributed by atoms with E-state index in [2.05, 4.69) is 160 Å². The first-order valence-corrected chi connectivity index (χ1v) is 22.9. The van der Waals surface area contributed by atoms with Crippen molar-refractivity contribution < 1.29 is 12.4 Å². The number of halogens is 3. The molecule has 0 amide bonds. The van der Waals surface area contributed by atoms with Gasteiger partial charge in [-0.3, -0.25) is 19.9 Å². The Balaban J connectivity index is 0.000000789. The van der Waals surface area contributed by atoms with Crippen molar-refractivity contribution in [2.45, 2.75) is 115 Å². The topological polar surface area (TPSA) is 185 Å². The number of aromatic nitrogens is 4. The largest absolute Gasteiger partial charge is 1.00 e. The molecule has 352 valence electrons. The van der Waals surface area contributed by atoms with Crippen LogP contribution in [0.5, 0.6) is 0 Å². The van der Waals surface area contributed by atoms with E-state index in [4.69, 9.17) is 28.7 Å². The van der Waals surface area contributed by atoms with E-state index >= 15 is 0 Å². The highest BCUT2D eigenvalue weighted by Crippen LogP contribution is 2.36. The van der Waals surface area contributed by atoms with Crippen molar-refractivity contribution in [2.24, 2.45) is 39.2 Å². The number of likely N-dealkylation sites (tertiary alicyclic amines) is 1. The molecule has 0 aliphatic carbocycles. The van der Waals surface area contributed by atoms with E-state index in [-0.39, 0.29) is 23.2 Å². The van der Waals surface area contributed by atoms with Crippen molar-refractivity contribution in [3.63, 3.8) is 0 Å². The molecule has 0 saturated carbocycles. The number of nitrogens with two attached hydrogens (primary N) is 5. The molecule has 5 rings (SSSR count). The first-order valence-electron chi connectivity index (χ1n) is 21.3. The molecule has 13 heteroatoms. The number of hydrogen-bond acceptors (Lipinski definition) is 10. The minimum absolute atomic E-state index is 0. The Bertz CT molecular complexity index is 1840. The molecule has 0 aromatic carbocycles. The number of anilines is 4. The van der Waals surface area contributed by atoms with Gasteiger partial charge in [-0.15, -0.1) is 0 Å². The zero-order chi connectivity index (χ0) is 47.6. The molecule has 10 nitrogen and oxygen atoms in total. The van der Waals surface area contributed by atoms with Gasteiger partial charge in [-0.2, -0.15) is 0 Å². The second kappa shape index (κ2) is 27.0. The molecule has 2 atom stereocenters. The quantitative estimate of drug-likeness (QED) is 0.125. The highest BCUT2D eigenvalue weighted by molar-refractivity contribution is 9.11. The van der Waals surface area contributed by atoms with Crippen LogP contribution in [0.2, 0.25) is 0 Å². The number of rotatable bonds is 6. The molecule has 1 aliphatic heterocycles. The Labute approximate surface area is 404 Å². The fourth-order valence-electron chi connectivity index (χ4n) is 7.08. The molecule has 10 N–H and O–H groups in total. The van der Waals surface area contributed by atoms with E-state index in [0.717, 1.165) is 44.3 Å². The summed E-state index contributed by atoms with van der Waals surface area (Å²) >= 11 is 6.46. The Hall–Kier alpha value is -3.55. The van der Waals surface area contributed by atoms with Crippen LogP contribution in [0.15, 0.2) is 83.8 Å². The van der Waals surface area contributed by atoms with Crippen LogP contribution in [-0.4, -0.2) is 51.0 Å². The number of piperidine rings is 1. The van der Waals surface area contributed by atoms with Crippen LogP contribution in [0, 0.1) is 33.5 Å². The number of hydrogen-bond donors (Lipinski definition) is 5.